The van der Waals surface area contributed by atoms with Gasteiger partial charge in [-0.2, -0.15) is 12.6 Å². The molecule has 26 nitrogen and oxygen atoms in total. The Kier molecular flexibility index (Phi) is 31.0. The molecule has 10 amide bonds. The lowest BCUT2D eigenvalue weighted by atomic mass is 9.99. The number of phenols is 1. The second-order valence-electron chi connectivity index (χ2n) is 19.2. The van der Waals surface area contributed by atoms with E-state index in [9.17, 15) is 67.7 Å². The number of amides is 10. The molecule has 0 aromatic heterocycles. The highest BCUT2D eigenvalue weighted by Crippen LogP contribution is 2.14. The number of thioether (sulfide) groups is 1. The van der Waals surface area contributed by atoms with Crippen LogP contribution < -0.4 is 59.3 Å². The predicted octanol–water partition coefficient (Wildman–Crippen LogP) is -2.75. The summed E-state index contributed by atoms with van der Waals surface area (Å²) in [5.41, 5.74) is 11.8. The molecule has 2 aromatic rings. The largest absolute Gasteiger partial charge is 0.508 e. The molecule has 442 valence electrons. The third kappa shape index (κ3) is 26.1. The number of thiol groups is 1. The van der Waals surface area contributed by atoms with Gasteiger partial charge < -0.3 is 74.3 Å². The van der Waals surface area contributed by atoms with Crippen molar-refractivity contribution in [3.63, 3.8) is 0 Å². The van der Waals surface area contributed by atoms with E-state index in [-0.39, 0.29) is 55.5 Å². The van der Waals surface area contributed by atoms with E-state index in [0.29, 0.717) is 11.1 Å². The number of phenolic OH excluding ortho intramolecular Hbond substituents is 1. The zero-order valence-electron chi connectivity index (χ0n) is 45.7. The number of primary amides is 1. The standard InChI is InChI=1S/C52H77N11O15S2/c1-7-78-42(69)19-20-80-43(70)26-55-41(68)25-56-46(71)36(23-32-13-15-33(65)16-14-32)59-51(76)44(29(4)5)62-49(74)37(22-31-11-9-8-10-12-31)60-52(77)45(30(6)64)63-47(72)34(17-18-39(54)66)58-50(75)38(27-79)61-48(73)35(21-28(2)3)57-40(67)24-53/h8-16,28-30,34-38,44-45,64-65,79H,7,17-27,53H2,1-6H3,(H2,54,66)(H,55,68)(H,56,71)(H,57,67)(H,58,75)(H,59,76)(H,60,77)(H,61,73)(H,62,74)(H,63,72)/t30-,34+,35+,36+,37+,38+,44+,45+/m1/s1. The topological polar surface area (TPSA) is 415 Å². The Balaban J connectivity index is 2.36. The predicted molar refractivity (Wildman–Crippen MR) is 298 cm³/mol. The molecular weight excluding hydrogens is 1080 g/mol. The quantitative estimate of drug-likeness (QED) is 0.0246. The molecule has 0 saturated heterocycles. The van der Waals surface area contributed by atoms with E-state index in [1.807, 2.05) is 0 Å². The van der Waals surface area contributed by atoms with Crippen LogP contribution in [-0.2, 0) is 75.1 Å². The average molecular weight is 1160 g/mol. The molecule has 0 bridgehead atoms. The van der Waals surface area contributed by atoms with Crippen LogP contribution in [0.4, 0.5) is 0 Å². The van der Waals surface area contributed by atoms with Crippen molar-refractivity contribution in [2.45, 2.75) is 128 Å². The summed E-state index contributed by atoms with van der Waals surface area (Å²) < 4.78 is 4.83. The van der Waals surface area contributed by atoms with Crippen molar-refractivity contribution in [2.24, 2.45) is 23.3 Å². The molecule has 0 aliphatic heterocycles. The molecule has 28 heteroatoms. The maximum atomic E-state index is 14.4. The van der Waals surface area contributed by atoms with Gasteiger partial charge in [-0.25, -0.2) is 0 Å². The molecule has 80 heavy (non-hydrogen) atoms. The fourth-order valence-electron chi connectivity index (χ4n) is 7.41. The Bertz CT molecular complexity index is 2430. The number of nitrogens with two attached hydrogens (primary N) is 2. The van der Waals surface area contributed by atoms with E-state index in [2.05, 4.69) is 60.5 Å². The molecule has 8 atom stereocenters. The van der Waals surface area contributed by atoms with Gasteiger partial charge in [0, 0.05) is 30.8 Å². The second kappa shape index (κ2) is 36.1. The molecule has 0 fully saturated rings. The highest BCUT2D eigenvalue weighted by atomic mass is 32.2. The molecule has 0 spiro atoms. The third-order valence-electron chi connectivity index (χ3n) is 11.6. The van der Waals surface area contributed by atoms with Gasteiger partial charge in [0.15, 0.2) is 0 Å². The molecular formula is C52H77N11O15S2. The number of aliphatic hydroxyl groups excluding tert-OH is 1. The van der Waals surface area contributed by atoms with E-state index < -0.39 is 157 Å². The average Bonchev–Trinajstić information content (AvgIpc) is 3.40. The molecule has 0 heterocycles. The van der Waals surface area contributed by atoms with Crippen LogP contribution in [0.5, 0.6) is 5.75 Å². The van der Waals surface area contributed by atoms with Gasteiger partial charge in [0.25, 0.3) is 0 Å². The summed E-state index contributed by atoms with van der Waals surface area (Å²) in [5.74, 6) is -10.2. The van der Waals surface area contributed by atoms with Gasteiger partial charge >= 0.3 is 5.97 Å². The number of aliphatic hydroxyl groups is 1. The van der Waals surface area contributed by atoms with Crippen molar-refractivity contribution in [2.75, 3.05) is 37.7 Å². The van der Waals surface area contributed by atoms with Crippen LogP contribution >= 0.6 is 24.4 Å². The number of rotatable bonds is 35. The number of carbonyl (C=O) groups is 12. The summed E-state index contributed by atoms with van der Waals surface area (Å²) in [4.78, 5) is 158. The number of aromatic hydroxyl groups is 1. The SMILES string of the molecule is CCOC(=O)CCSC(=O)CNC(=O)CNC(=O)[C@H](Cc1ccc(O)cc1)NC(=O)[C@@H](NC(=O)[C@H](Cc1ccccc1)NC(=O)[C@@H](NC(=O)[C@H](CCC(N)=O)NC(=O)[C@H](CS)NC(=O)[C@H](CC(C)C)NC(=O)CN)[C@@H](C)O)C(C)C. The zero-order chi connectivity index (χ0) is 60.1. The third-order valence-corrected chi connectivity index (χ3v) is 12.9. The van der Waals surface area contributed by atoms with E-state index in [1.54, 1.807) is 65.0 Å². The van der Waals surface area contributed by atoms with Gasteiger partial charge in [-0.1, -0.05) is 81.9 Å². The smallest absolute Gasteiger partial charge is 0.306 e. The number of hydrogen-bond acceptors (Lipinski definition) is 18. The van der Waals surface area contributed by atoms with Crippen molar-refractivity contribution in [1.29, 1.82) is 0 Å². The van der Waals surface area contributed by atoms with Gasteiger partial charge in [-0.3, -0.25) is 57.5 Å². The Morgan fingerprint density at radius 3 is 1.68 bits per heavy atom. The molecule has 0 saturated carbocycles. The number of esters is 1. The minimum Gasteiger partial charge on any atom is -0.508 e. The molecule has 2 aromatic carbocycles. The van der Waals surface area contributed by atoms with Gasteiger partial charge in [0.05, 0.1) is 38.8 Å². The van der Waals surface area contributed by atoms with Gasteiger partial charge in [-0.05, 0) is 61.8 Å². The maximum Gasteiger partial charge on any atom is 0.306 e. The van der Waals surface area contributed by atoms with E-state index in [4.69, 9.17) is 16.2 Å². The summed E-state index contributed by atoms with van der Waals surface area (Å²) in [6.07, 6.45) is -2.72. The normalized spacial score (nSPS) is 14.0. The Morgan fingerprint density at radius 1 is 0.600 bits per heavy atom. The molecule has 0 aliphatic rings. The number of carbonyl (C=O) groups excluding carboxylic acids is 12. The van der Waals surface area contributed by atoms with Crippen molar-refractivity contribution < 1.29 is 72.5 Å². The highest BCUT2D eigenvalue weighted by Gasteiger charge is 2.36. The minimum atomic E-state index is -1.82. The van der Waals surface area contributed by atoms with Crippen molar-refractivity contribution in [3.8, 4) is 5.75 Å². The first-order chi connectivity index (χ1) is 37.8. The van der Waals surface area contributed by atoms with Crippen LogP contribution in [0.15, 0.2) is 54.6 Å². The van der Waals surface area contributed by atoms with Crippen molar-refractivity contribution in [1.82, 2.24) is 47.9 Å². The first kappa shape index (κ1) is 68.8. The molecule has 15 N–H and O–H groups in total. The highest BCUT2D eigenvalue weighted by molar-refractivity contribution is 8.13. The summed E-state index contributed by atoms with van der Waals surface area (Å²) in [7, 11) is 0. The fourth-order valence-corrected chi connectivity index (χ4v) is 8.34. The summed E-state index contributed by atoms with van der Waals surface area (Å²) in [6.45, 7) is 8.36. The first-order valence-electron chi connectivity index (χ1n) is 25.8. The molecule has 0 radical (unpaired) electrons. The lowest BCUT2D eigenvalue weighted by Crippen LogP contribution is -2.62. The van der Waals surface area contributed by atoms with Gasteiger partial charge in [-0.15, -0.1) is 0 Å². The van der Waals surface area contributed by atoms with E-state index in [0.717, 1.165) is 18.7 Å². The molecule has 0 aliphatic carbocycles. The summed E-state index contributed by atoms with van der Waals surface area (Å²) >= 11 is 4.99. The van der Waals surface area contributed by atoms with Crippen molar-refractivity contribution in [3.05, 3.63) is 65.7 Å². The van der Waals surface area contributed by atoms with Crippen LogP contribution in [0, 0.1) is 11.8 Å². The second-order valence-corrected chi connectivity index (χ2v) is 20.7. The molecule has 0 unspecified atom stereocenters. The monoisotopic (exact) mass is 1160 g/mol. The maximum absolute atomic E-state index is 14.4. The van der Waals surface area contributed by atoms with Crippen molar-refractivity contribution >= 4 is 94.5 Å². The minimum absolute atomic E-state index is 0.0131. The Hall–Kier alpha value is -7.30. The molecule has 2 rings (SSSR count). The Morgan fingerprint density at radius 2 is 1.12 bits per heavy atom. The number of hydrogen-bond donors (Lipinski definition) is 14. The van der Waals surface area contributed by atoms with Crippen LogP contribution in [0.1, 0.15) is 78.4 Å². The summed E-state index contributed by atoms with van der Waals surface area (Å²) in [6, 6.07) is 3.88. The first-order valence-corrected chi connectivity index (χ1v) is 27.5. The van der Waals surface area contributed by atoms with Gasteiger partial charge in [0.2, 0.25) is 64.2 Å². The number of benzene rings is 2. The van der Waals surface area contributed by atoms with Crippen LogP contribution in [-0.4, -0.2) is 167 Å². The lowest BCUT2D eigenvalue weighted by molar-refractivity contribution is -0.142. The fraction of sp³-hybridized carbons (Fsp3) is 0.538. The van der Waals surface area contributed by atoms with E-state index in [1.165, 1.54) is 24.3 Å². The number of nitrogens with one attached hydrogen (secondary N) is 9. The summed E-state index contributed by atoms with van der Waals surface area (Å²) in [5, 5.41) is 42.7. The van der Waals surface area contributed by atoms with Crippen LogP contribution in [0.2, 0.25) is 0 Å². The lowest BCUT2D eigenvalue weighted by Gasteiger charge is -2.29. The van der Waals surface area contributed by atoms with E-state index >= 15 is 0 Å². The zero-order valence-corrected chi connectivity index (χ0v) is 47.4. The van der Waals surface area contributed by atoms with Gasteiger partial charge in [0.1, 0.15) is 48.0 Å². The number of ether oxygens (including phenoxy) is 1. The van der Waals surface area contributed by atoms with Crippen LogP contribution in [0.25, 0.3) is 0 Å². The Labute approximate surface area is 474 Å². The van der Waals surface area contributed by atoms with Crippen LogP contribution in [0.3, 0.4) is 0 Å².